The molecule has 23 heavy (non-hydrogen) atoms. The van der Waals surface area contributed by atoms with E-state index in [-0.39, 0.29) is 0 Å². The number of hydrazone groups is 1. The Morgan fingerprint density at radius 1 is 1.04 bits per heavy atom. The lowest BCUT2D eigenvalue weighted by Gasteiger charge is -2.07. The van der Waals surface area contributed by atoms with E-state index in [1.807, 2.05) is 30.3 Å². The lowest BCUT2D eigenvalue weighted by molar-refractivity contribution is 1.05. The van der Waals surface area contributed by atoms with Gasteiger partial charge in [-0.15, -0.1) is 0 Å². The van der Waals surface area contributed by atoms with Crippen LogP contribution in [0.4, 0.5) is 5.69 Å². The van der Waals surface area contributed by atoms with Gasteiger partial charge in [-0.2, -0.15) is 5.10 Å². The summed E-state index contributed by atoms with van der Waals surface area (Å²) in [5.74, 6) is 0. The Hall–Kier alpha value is -1.59. The van der Waals surface area contributed by atoms with E-state index >= 15 is 0 Å². The second-order valence-corrected chi connectivity index (χ2v) is 6.00. The average Bonchev–Trinajstić information content (AvgIpc) is 2.54. The van der Waals surface area contributed by atoms with Crippen molar-refractivity contribution in [3.63, 3.8) is 0 Å². The molecular formula is C16H12Cl3N3S. The molecule has 3 nitrogen and oxygen atoms in total. The molecule has 2 rings (SSSR count). The summed E-state index contributed by atoms with van der Waals surface area (Å²) in [5, 5.41) is 9.01. The van der Waals surface area contributed by atoms with Gasteiger partial charge in [-0.25, -0.2) is 0 Å². The topological polar surface area (TPSA) is 36.4 Å². The number of halogens is 3. The molecule has 0 spiro atoms. The lowest BCUT2D eigenvalue weighted by Crippen LogP contribution is -2.23. The first-order valence-corrected chi connectivity index (χ1v) is 8.07. The summed E-state index contributed by atoms with van der Waals surface area (Å²) in [5.41, 5.74) is 4.23. The van der Waals surface area contributed by atoms with E-state index in [0.717, 1.165) is 5.56 Å². The minimum absolute atomic E-state index is 0.324. The lowest BCUT2D eigenvalue weighted by atomic mass is 10.2. The number of hydrogen-bond donors (Lipinski definition) is 2. The van der Waals surface area contributed by atoms with Gasteiger partial charge in [0.15, 0.2) is 5.11 Å². The van der Waals surface area contributed by atoms with Crippen LogP contribution in [0.1, 0.15) is 5.56 Å². The van der Waals surface area contributed by atoms with Crippen LogP contribution in [0, 0.1) is 0 Å². The zero-order valence-electron chi connectivity index (χ0n) is 11.8. The van der Waals surface area contributed by atoms with Crippen LogP contribution in [0.3, 0.4) is 0 Å². The highest BCUT2D eigenvalue weighted by Crippen LogP contribution is 2.21. The molecule has 0 aliphatic carbocycles. The number of thiocarbonyl (C=S) groups is 1. The average molecular weight is 385 g/mol. The quantitative estimate of drug-likeness (QED) is 0.412. The maximum Gasteiger partial charge on any atom is 0.191 e. The van der Waals surface area contributed by atoms with Crippen molar-refractivity contribution in [1.29, 1.82) is 0 Å². The summed E-state index contributed by atoms with van der Waals surface area (Å²) in [7, 11) is 0. The second kappa shape index (κ2) is 8.89. The maximum atomic E-state index is 6.16. The molecule has 0 aromatic heterocycles. The summed E-state index contributed by atoms with van der Waals surface area (Å²) in [6.07, 6.45) is 3.16. The Morgan fingerprint density at radius 2 is 1.74 bits per heavy atom. The predicted octanol–water partition coefficient (Wildman–Crippen LogP) is 5.55. The fourth-order valence-electron chi connectivity index (χ4n) is 1.62. The van der Waals surface area contributed by atoms with Gasteiger partial charge in [0.05, 0.1) is 10.7 Å². The maximum absolute atomic E-state index is 6.16. The minimum atomic E-state index is 0.324. The van der Waals surface area contributed by atoms with Crippen molar-refractivity contribution in [2.24, 2.45) is 5.10 Å². The Morgan fingerprint density at radius 3 is 2.43 bits per heavy atom. The molecule has 0 amide bonds. The molecule has 0 aliphatic heterocycles. The summed E-state index contributed by atoms with van der Waals surface area (Å²) in [6.45, 7) is 0. The second-order valence-electron chi connectivity index (χ2n) is 4.35. The third kappa shape index (κ3) is 5.84. The fraction of sp³-hybridized carbons (Fsp3) is 0. The van der Waals surface area contributed by atoms with Gasteiger partial charge in [-0.3, -0.25) is 5.43 Å². The molecule has 2 N–H and O–H groups in total. The van der Waals surface area contributed by atoms with Crippen molar-refractivity contribution in [3.8, 4) is 0 Å². The van der Waals surface area contributed by atoms with Gasteiger partial charge in [-0.1, -0.05) is 59.1 Å². The van der Waals surface area contributed by atoms with Gasteiger partial charge in [0.2, 0.25) is 0 Å². The molecule has 0 saturated carbocycles. The van der Waals surface area contributed by atoms with Crippen LogP contribution in [-0.2, 0) is 0 Å². The van der Waals surface area contributed by atoms with Crippen molar-refractivity contribution < 1.29 is 0 Å². The largest absolute Gasteiger partial charge is 0.330 e. The van der Waals surface area contributed by atoms with Crippen molar-refractivity contribution in [2.45, 2.75) is 0 Å². The van der Waals surface area contributed by atoms with Gasteiger partial charge >= 0.3 is 0 Å². The molecule has 0 bridgehead atoms. The fourth-order valence-corrected chi connectivity index (χ4v) is 2.27. The number of benzene rings is 2. The Kier molecular flexibility index (Phi) is 6.86. The Bertz CT molecular complexity index is 742. The van der Waals surface area contributed by atoms with E-state index in [0.29, 0.717) is 25.9 Å². The smallest absolute Gasteiger partial charge is 0.191 e. The van der Waals surface area contributed by atoms with Crippen LogP contribution in [0.2, 0.25) is 10.0 Å². The number of rotatable bonds is 4. The molecule has 0 saturated heterocycles. The van der Waals surface area contributed by atoms with E-state index in [4.69, 9.17) is 47.0 Å². The van der Waals surface area contributed by atoms with Crippen LogP contribution in [0.25, 0.3) is 5.03 Å². The van der Waals surface area contributed by atoms with E-state index in [1.165, 1.54) is 6.21 Å². The number of allylic oxidation sites excluding steroid dienone is 1. The third-order valence-corrected chi connectivity index (χ3v) is 3.82. The summed E-state index contributed by atoms with van der Waals surface area (Å²) in [6, 6.07) is 14.5. The summed E-state index contributed by atoms with van der Waals surface area (Å²) >= 11 is 23.1. The molecule has 2 aromatic rings. The molecule has 0 fully saturated rings. The predicted molar refractivity (Wildman–Crippen MR) is 105 cm³/mol. The van der Waals surface area contributed by atoms with E-state index in [2.05, 4.69) is 15.8 Å². The molecule has 2 aromatic carbocycles. The van der Waals surface area contributed by atoms with Crippen LogP contribution in [0.5, 0.6) is 0 Å². The molecule has 118 valence electrons. The highest BCUT2D eigenvalue weighted by Gasteiger charge is 2.00. The van der Waals surface area contributed by atoms with Crippen LogP contribution >= 0.6 is 47.0 Å². The highest BCUT2D eigenvalue weighted by atomic mass is 35.5. The monoisotopic (exact) mass is 383 g/mol. The molecule has 0 heterocycles. The van der Waals surface area contributed by atoms with Crippen LogP contribution in [0.15, 0.2) is 59.7 Å². The molecule has 0 unspecified atom stereocenters. The Balaban J connectivity index is 1.88. The zero-order valence-corrected chi connectivity index (χ0v) is 14.8. The molecule has 0 atom stereocenters. The van der Waals surface area contributed by atoms with E-state index < -0.39 is 0 Å². The SMILES string of the molecule is S=C(N/N=C/C=C(\Cl)c1ccc(Cl)cc1)Nc1ccccc1Cl. The van der Waals surface area contributed by atoms with Crippen molar-refractivity contribution in [1.82, 2.24) is 5.43 Å². The van der Waals surface area contributed by atoms with Gasteiger partial charge in [0.25, 0.3) is 0 Å². The molecule has 0 radical (unpaired) electrons. The molecule has 7 heteroatoms. The number of nitrogens with zero attached hydrogens (tertiary/aromatic N) is 1. The molecule has 0 aliphatic rings. The number of anilines is 1. The van der Waals surface area contributed by atoms with Crippen molar-refractivity contribution >= 4 is 69.1 Å². The van der Waals surface area contributed by atoms with Crippen molar-refractivity contribution in [2.75, 3.05) is 5.32 Å². The van der Waals surface area contributed by atoms with Gasteiger partial charge < -0.3 is 5.32 Å². The standard InChI is InChI=1S/C16H12Cl3N3S/c17-12-7-5-11(6-8-12)13(18)9-10-20-22-16(23)21-15-4-2-1-3-14(15)19/h1-10H,(H2,21,22,23)/b13-9-,20-10+. The van der Waals surface area contributed by atoms with Gasteiger partial charge in [0.1, 0.15) is 0 Å². The van der Waals surface area contributed by atoms with Gasteiger partial charge in [0, 0.05) is 16.3 Å². The normalized spacial score (nSPS) is 11.5. The zero-order chi connectivity index (χ0) is 16.7. The van der Waals surface area contributed by atoms with Crippen LogP contribution < -0.4 is 10.7 Å². The minimum Gasteiger partial charge on any atom is -0.330 e. The van der Waals surface area contributed by atoms with Crippen molar-refractivity contribution in [3.05, 3.63) is 70.2 Å². The Labute approximate surface area is 154 Å². The highest BCUT2D eigenvalue weighted by molar-refractivity contribution is 7.80. The first-order valence-electron chi connectivity index (χ1n) is 6.52. The summed E-state index contributed by atoms with van der Waals surface area (Å²) < 4.78 is 0. The first kappa shape index (κ1) is 17.8. The van der Waals surface area contributed by atoms with Crippen LogP contribution in [-0.4, -0.2) is 11.3 Å². The number of para-hydroxylation sites is 1. The van der Waals surface area contributed by atoms with E-state index in [9.17, 15) is 0 Å². The molecular weight excluding hydrogens is 373 g/mol. The number of nitrogens with one attached hydrogen (secondary N) is 2. The van der Waals surface area contributed by atoms with Gasteiger partial charge in [-0.05, 0) is 48.1 Å². The first-order chi connectivity index (χ1) is 11.1. The van der Waals surface area contributed by atoms with E-state index in [1.54, 1.807) is 24.3 Å². The number of hydrogen-bond acceptors (Lipinski definition) is 2. The summed E-state index contributed by atoms with van der Waals surface area (Å²) in [4.78, 5) is 0. The third-order valence-electron chi connectivity index (χ3n) is 2.70.